The molecule has 0 aliphatic heterocycles. The van der Waals surface area contributed by atoms with Gasteiger partial charge >= 0.3 is 0 Å². The van der Waals surface area contributed by atoms with Crippen molar-refractivity contribution >= 4 is 23.0 Å². The molecule has 3 nitrogen and oxygen atoms in total. The summed E-state index contributed by atoms with van der Waals surface area (Å²) in [5, 5.41) is 7.23. The van der Waals surface area contributed by atoms with Crippen molar-refractivity contribution < 1.29 is 4.74 Å². The lowest BCUT2D eigenvalue weighted by atomic mass is 10.0. The summed E-state index contributed by atoms with van der Waals surface area (Å²) in [6.45, 7) is 6.88. The Bertz CT molecular complexity index is 623. The van der Waals surface area contributed by atoms with Crippen LogP contribution in [-0.4, -0.2) is 11.7 Å². The Hall–Kier alpha value is -2.07. The molecule has 2 rings (SSSR count). The number of hydrogen-bond acceptors (Lipinski definition) is 2. The number of benzene rings is 2. The van der Waals surface area contributed by atoms with E-state index >= 15 is 0 Å². The van der Waals surface area contributed by atoms with Gasteiger partial charge in [-0.1, -0.05) is 36.8 Å². The molecule has 0 bridgehead atoms. The third-order valence-corrected chi connectivity index (χ3v) is 3.84. The Balaban J connectivity index is 1.95. The van der Waals surface area contributed by atoms with E-state index in [1.54, 1.807) is 0 Å². The molecule has 2 aromatic rings. The van der Waals surface area contributed by atoms with Gasteiger partial charge in [-0.25, -0.2) is 0 Å². The normalized spacial score (nSPS) is 11.6. The molecule has 0 unspecified atom stereocenters. The number of anilines is 1. The smallest absolute Gasteiger partial charge is 0.171 e. The molecule has 0 spiro atoms. The molecular formula is C19H24N2OS. The van der Waals surface area contributed by atoms with Gasteiger partial charge in [0.2, 0.25) is 0 Å². The first-order chi connectivity index (χ1) is 11.1. The third-order valence-electron chi connectivity index (χ3n) is 3.62. The van der Waals surface area contributed by atoms with Crippen molar-refractivity contribution in [1.82, 2.24) is 5.32 Å². The van der Waals surface area contributed by atoms with Crippen molar-refractivity contribution in [2.75, 3.05) is 11.9 Å². The second kappa shape index (κ2) is 8.53. The maximum atomic E-state index is 5.44. The summed E-state index contributed by atoms with van der Waals surface area (Å²) >= 11 is 5.43. The van der Waals surface area contributed by atoms with E-state index in [1.165, 1.54) is 11.1 Å². The Morgan fingerprint density at radius 2 is 1.70 bits per heavy atom. The van der Waals surface area contributed by atoms with Crippen molar-refractivity contribution in [2.45, 2.75) is 33.2 Å². The lowest BCUT2D eigenvalue weighted by molar-refractivity contribution is 0.340. The summed E-state index contributed by atoms with van der Waals surface area (Å²) in [6, 6.07) is 16.6. The molecule has 2 N–H and O–H groups in total. The van der Waals surface area contributed by atoms with E-state index in [2.05, 4.69) is 48.7 Å². The first-order valence-electron chi connectivity index (χ1n) is 7.99. The largest absolute Gasteiger partial charge is 0.494 e. The van der Waals surface area contributed by atoms with Crippen molar-refractivity contribution in [1.29, 1.82) is 0 Å². The van der Waals surface area contributed by atoms with E-state index in [4.69, 9.17) is 17.0 Å². The Labute approximate surface area is 144 Å². The maximum Gasteiger partial charge on any atom is 0.171 e. The van der Waals surface area contributed by atoms with E-state index in [0.29, 0.717) is 11.7 Å². The number of hydrogen-bond donors (Lipinski definition) is 2. The van der Waals surface area contributed by atoms with Gasteiger partial charge in [-0.15, -0.1) is 0 Å². The predicted molar refractivity (Wildman–Crippen MR) is 101 cm³/mol. The fourth-order valence-electron chi connectivity index (χ4n) is 2.35. The monoisotopic (exact) mass is 328 g/mol. The highest BCUT2D eigenvalue weighted by Crippen LogP contribution is 2.19. The minimum atomic E-state index is 0.207. The molecule has 0 aromatic heterocycles. The molecule has 23 heavy (non-hydrogen) atoms. The van der Waals surface area contributed by atoms with E-state index in [1.807, 2.05) is 31.2 Å². The molecule has 0 saturated carbocycles. The van der Waals surface area contributed by atoms with Crippen LogP contribution in [0.4, 0.5) is 5.69 Å². The van der Waals surface area contributed by atoms with Gasteiger partial charge in [0.1, 0.15) is 5.75 Å². The quantitative estimate of drug-likeness (QED) is 0.744. The molecule has 0 amide bonds. The highest BCUT2D eigenvalue weighted by atomic mass is 32.1. The first kappa shape index (κ1) is 17.3. The van der Waals surface area contributed by atoms with Gasteiger partial charge in [-0.2, -0.15) is 0 Å². The first-order valence-corrected chi connectivity index (χ1v) is 8.40. The van der Waals surface area contributed by atoms with Crippen LogP contribution in [0.25, 0.3) is 0 Å². The minimum absolute atomic E-state index is 0.207. The van der Waals surface area contributed by atoms with Gasteiger partial charge in [-0.05, 0) is 62.3 Å². The van der Waals surface area contributed by atoms with E-state index in [0.717, 1.165) is 17.9 Å². The van der Waals surface area contributed by atoms with Gasteiger partial charge in [0.05, 0.1) is 12.6 Å². The Morgan fingerprint density at radius 3 is 2.26 bits per heavy atom. The summed E-state index contributed by atoms with van der Waals surface area (Å²) < 4.78 is 5.44. The van der Waals surface area contributed by atoms with Crippen LogP contribution in [0.2, 0.25) is 0 Å². The van der Waals surface area contributed by atoms with Crippen LogP contribution in [0.3, 0.4) is 0 Å². The minimum Gasteiger partial charge on any atom is -0.494 e. The van der Waals surface area contributed by atoms with Gasteiger partial charge in [-0.3, -0.25) is 0 Å². The molecule has 122 valence electrons. The zero-order chi connectivity index (χ0) is 16.7. The molecule has 1 atom stereocenters. The summed E-state index contributed by atoms with van der Waals surface area (Å²) in [6.07, 6.45) is 0.966. The second-order valence-corrected chi connectivity index (χ2v) is 5.84. The molecular weight excluding hydrogens is 304 g/mol. The lowest BCUT2D eigenvalue weighted by Gasteiger charge is -2.20. The van der Waals surface area contributed by atoms with Gasteiger partial charge in [0.15, 0.2) is 5.11 Å². The fourth-order valence-corrected chi connectivity index (χ4v) is 2.61. The SMILES string of the molecule is CCOc1ccc(NC(=S)N[C@@H](CC)c2ccc(C)cc2)cc1. The molecule has 0 heterocycles. The zero-order valence-electron chi connectivity index (χ0n) is 13.9. The lowest BCUT2D eigenvalue weighted by Crippen LogP contribution is -2.32. The summed E-state index contributed by atoms with van der Waals surface area (Å²) in [5.74, 6) is 0.864. The molecule has 0 aliphatic carbocycles. The third kappa shape index (κ3) is 5.25. The molecule has 2 aromatic carbocycles. The summed E-state index contributed by atoms with van der Waals surface area (Å²) in [5.41, 5.74) is 3.46. The van der Waals surface area contributed by atoms with E-state index in [9.17, 15) is 0 Å². The number of nitrogens with one attached hydrogen (secondary N) is 2. The van der Waals surface area contributed by atoms with Gasteiger partial charge in [0, 0.05) is 5.69 Å². The van der Waals surface area contributed by atoms with Crippen LogP contribution in [0.15, 0.2) is 48.5 Å². The van der Waals surface area contributed by atoms with Crippen molar-refractivity contribution in [3.8, 4) is 5.75 Å². The van der Waals surface area contributed by atoms with Crippen LogP contribution in [-0.2, 0) is 0 Å². The molecule has 0 saturated heterocycles. The number of aryl methyl sites for hydroxylation is 1. The predicted octanol–water partition coefficient (Wildman–Crippen LogP) is 4.83. The fraction of sp³-hybridized carbons (Fsp3) is 0.316. The topological polar surface area (TPSA) is 33.3 Å². The number of rotatable bonds is 6. The van der Waals surface area contributed by atoms with Gasteiger partial charge < -0.3 is 15.4 Å². The Kier molecular flexibility index (Phi) is 6.41. The highest BCUT2D eigenvalue weighted by Gasteiger charge is 2.10. The van der Waals surface area contributed by atoms with Crippen LogP contribution < -0.4 is 15.4 Å². The standard InChI is InChI=1S/C19H24N2OS/c1-4-18(15-8-6-14(3)7-9-15)21-19(23)20-16-10-12-17(13-11-16)22-5-2/h6-13,18H,4-5H2,1-3H3,(H2,20,21,23)/t18-/m0/s1. The summed E-state index contributed by atoms with van der Waals surface area (Å²) in [7, 11) is 0. The molecule has 4 heteroatoms. The zero-order valence-corrected chi connectivity index (χ0v) is 14.7. The maximum absolute atomic E-state index is 5.44. The number of ether oxygens (including phenoxy) is 1. The van der Waals surface area contributed by atoms with Crippen LogP contribution in [0.5, 0.6) is 5.75 Å². The van der Waals surface area contributed by atoms with Gasteiger partial charge in [0.25, 0.3) is 0 Å². The van der Waals surface area contributed by atoms with Crippen molar-refractivity contribution in [3.05, 3.63) is 59.7 Å². The average molecular weight is 328 g/mol. The Morgan fingerprint density at radius 1 is 1.04 bits per heavy atom. The average Bonchev–Trinajstić information content (AvgIpc) is 2.56. The second-order valence-electron chi connectivity index (χ2n) is 5.43. The van der Waals surface area contributed by atoms with Crippen molar-refractivity contribution in [2.24, 2.45) is 0 Å². The highest BCUT2D eigenvalue weighted by molar-refractivity contribution is 7.80. The van der Waals surface area contributed by atoms with Crippen molar-refractivity contribution in [3.63, 3.8) is 0 Å². The number of thiocarbonyl (C=S) groups is 1. The van der Waals surface area contributed by atoms with Crippen LogP contribution in [0, 0.1) is 6.92 Å². The van der Waals surface area contributed by atoms with E-state index < -0.39 is 0 Å². The van der Waals surface area contributed by atoms with E-state index in [-0.39, 0.29) is 6.04 Å². The van der Waals surface area contributed by atoms with Crippen LogP contribution >= 0.6 is 12.2 Å². The molecule has 0 aliphatic rings. The summed E-state index contributed by atoms with van der Waals surface area (Å²) in [4.78, 5) is 0. The molecule has 0 fully saturated rings. The van der Waals surface area contributed by atoms with Crippen LogP contribution in [0.1, 0.15) is 37.4 Å². The molecule has 0 radical (unpaired) electrons.